The fourth-order valence-corrected chi connectivity index (χ4v) is 3.68. The highest BCUT2D eigenvalue weighted by Crippen LogP contribution is 2.32. The van der Waals surface area contributed by atoms with Crippen LogP contribution in [-0.2, 0) is 16.1 Å². The predicted molar refractivity (Wildman–Crippen MR) is 111 cm³/mol. The van der Waals surface area contributed by atoms with Crippen LogP contribution in [0.1, 0.15) is 28.7 Å². The van der Waals surface area contributed by atoms with Crippen molar-refractivity contribution in [3.8, 4) is 0 Å². The molecular formula is C22H22N2O3S. The van der Waals surface area contributed by atoms with Crippen LogP contribution in [0, 0.1) is 13.8 Å². The van der Waals surface area contributed by atoms with E-state index >= 15 is 0 Å². The molecule has 144 valence electrons. The van der Waals surface area contributed by atoms with Gasteiger partial charge in [-0.15, -0.1) is 0 Å². The number of nitrogens with zero attached hydrogens (tertiary/aromatic N) is 1. The lowest BCUT2D eigenvalue weighted by Gasteiger charge is -2.12. The number of imide groups is 1. The third-order valence-electron chi connectivity index (χ3n) is 4.39. The van der Waals surface area contributed by atoms with Crippen LogP contribution in [0.2, 0.25) is 0 Å². The molecule has 1 heterocycles. The zero-order valence-corrected chi connectivity index (χ0v) is 16.7. The Morgan fingerprint density at radius 1 is 1.07 bits per heavy atom. The highest BCUT2D eigenvalue weighted by Gasteiger charge is 2.34. The third kappa shape index (κ3) is 5.10. The van der Waals surface area contributed by atoms with Crippen LogP contribution in [0.4, 0.5) is 4.79 Å². The summed E-state index contributed by atoms with van der Waals surface area (Å²) in [6, 6.07) is 15.6. The van der Waals surface area contributed by atoms with Gasteiger partial charge in [0.25, 0.3) is 11.1 Å². The van der Waals surface area contributed by atoms with Crippen LogP contribution in [0.5, 0.6) is 0 Å². The highest BCUT2D eigenvalue weighted by molar-refractivity contribution is 8.18. The van der Waals surface area contributed by atoms with Gasteiger partial charge in [0.2, 0.25) is 5.91 Å². The molecular weight excluding hydrogens is 372 g/mol. The predicted octanol–water partition coefficient (Wildman–Crippen LogP) is 4.05. The summed E-state index contributed by atoms with van der Waals surface area (Å²) in [5.74, 6) is -0.537. The van der Waals surface area contributed by atoms with Gasteiger partial charge < -0.3 is 5.32 Å². The summed E-state index contributed by atoms with van der Waals surface area (Å²) in [5.41, 5.74) is 4.12. The van der Waals surface area contributed by atoms with Crippen LogP contribution in [-0.4, -0.2) is 28.5 Å². The Kier molecular flexibility index (Phi) is 6.31. The van der Waals surface area contributed by atoms with Gasteiger partial charge in [-0.2, -0.15) is 0 Å². The molecule has 0 aliphatic carbocycles. The van der Waals surface area contributed by atoms with E-state index in [2.05, 4.69) is 5.32 Å². The largest absolute Gasteiger partial charge is 0.352 e. The second-order valence-corrected chi connectivity index (χ2v) is 7.75. The van der Waals surface area contributed by atoms with E-state index in [-0.39, 0.29) is 30.0 Å². The molecule has 0 unspecified atom stereocenters. The van der Waals surface area contributed by atoms with E-state index in [9.17, 15) is 14.4 Å². The lowest BCUT2D eigenvalue weighted by atomic mass is 10.1. The molecule has 0 radical (unpaired) electrons. The molecule has 1 aliphatic rings. The maximum absolute atomic E-state index is 12.5. The van der Waals surface area contributed by atoms with Crippen LogP contribution in [0.3, 0.4) is 0 Å². The summed E-state index contributed by atoms with van der Waals surface area (Å²) < 4.78 is 0. The molecule has 0 aromatic heterocycles. The number of aryl methyl sites for hydroxylation is 2. The quantitative estimate of drug-likeness (QED) is 0.751. The second kappa shape index (κ2) is 8.89. The Morgan fingerprint density at radius 2 is 1.82 bits per heavy atom. The molecule has 1 fully saturated rings. The molecule has 0 atom stereocenters. The van der Waals surface area contributed by atoms with Crippen LogP contribution in [0.15, 0.2) is 53.4 Å². The molecule has 0 spiro atoms. The Bertz CT molecular complexity index is 935. The number of nitrogens with one attached hydrogen (secondary N) is 1. The number of rotatable bonds is 6. The Hall–Kier alpha value is -2.86. The molecule has 1 saturated heterocycles. The Balaban J connectivity index is 1.54. The SMILES string of the molecule is Cc1ccc(CNC(=O)CCN2C(=O)S/C(=C\c3cccc(C)c3)C2=O)cc1. The van der Waals surface area contributed by atoms with Gasteiger partial charge >= 0.3 is 0 Å². The maximum atomic E-state index is 12.5. The molecule has 0 saturated carbocycles. The van der Waals surface area contributed by atoms with Crippen molar-refractivity contribution in [2.45, 2.75) is 26.8 Å². The molecule has 3 amide bonds. The van der Waals surface area contributed by atoms with Crippen molar-refractivity contribution in [1.82, 2.24) is 10.2 Å². The highest BCUT2D eigenvalue weighted by atomic mass is 32.2. The summed E-state index contributed by atoms with van der Waals surface area (Å²) in [6.45, 7) is 4.48. The van der Waals surface area contributed by atoms with Gasteiger partial charge in [-0.1, -0.05) is 59.7 Å². The van der Waals surface area contributed by atoms with Crippen molar-refractivity contribution in [2.75, 3.05) is 6.54 Å². The molecule has 3 rings (SSSR count). The average Bonchev–Trinajstić information content (AvgIpc) is 2.92. The van der Waals surface area contributed by atoms with Gasteiger partial charge in [0.1, 0.15) is 0 Å². The van der Waals surface area contributed by atoms with E-state index in [0.29, 0.717) is 11.4 Å². The molecule has 6 heteroatoms. The summed E-state index contributed by atoms with van der Waals surface area (Å²) in [7, 11) is 0. The first-order chi connectivity index (χ1) is 13.4. The van der Waals surface area contributed by atoms with Crippen molar-refractivity contribution >= 4 is 34.9 Å². The van der Waals surface area contributed by atoms with E-state index < -0.39 is 0 Å². The summed E-state index contributed by atoms with van der Waals surface area (Å²) in [6.07, 6.45) is 1.80. The van der Waals surface area contributed by atoms with Gasteiger partial charge in [0.05, 0.1) is 4.91 Å². The van der Waals surface area contributed by atoms with Gasteiger partial charge in [-0.3, -0.25) is 19.3 Å². The standard InChI is InChI=1S/C22H22N2O3S/c1-15-6-8-17(9-7-15)14-23-20(25)10-11-24-21(26)19(28-22(24)27)13-18-5-3-4-16(2)12-18/h3-9,12-13H,10-11,14H2,1-2H3,(H,23,25)/b19-13-. The topological polar surface area (TPSA) is 66.5 Å². The zero-order chi connectivity index (χ0) is 20.1. The van der Waals surface area contributed by atoms with Crippen molar-refractivity contribution in [1.29, 1.82) is 0 Å². The second-order valence-electron chi connectivity index (χ2n) is 6.76. The van der Waals surface area contributed by atoms with E-state index in [1.54, 1.807) is 6.08 Å². The number of carbonyl (C=O) groups is 3. The molecule has 0 bridgehead atoms. The number of amides is 3. The first-order valence-electron chi connectivity index (χ1n) is 9.06. The van der Waals surface area contributed by atoms with E-state index in [1.807, 2.05) is 62.4 Å². The average molecular weight is 394 g/mol. The smallest absolute Gasteiger partial charge is 0.293 e. The van der Waals surface area contributed by atoms with E-state index in [0.717, 1.165) is 38.9 Å². The molecule has 2 aromatic rings. The Labute approximate surface area is 168 Å². The molecule has 2 aromatic carbocycles. The fraction of sp³-hybridized carbons (Fsp3) is 0.227. The fourth-order valence-electron chi connectivity index (χ4n) is 2.81. The number of hydrogen-bond acceptors (Lipinski definition) is 4. The van der Waals surface area contributed by atoms with E-state index in [4.69, 9.17) is 0 Å². The molecule has 5 nitrogen and oxygen atoms in total. The third-order valence-corrected chi connectivity index (χ3v) is 5.29. The van der Waals surface area contributed by atoms with Gasteiger partial charge in [0.15, 0.2) is 0 Å². The number of thioether (sulfide) groups is 1. The maximum Gasteiger partial charge on any atom is 0.293 e. The molecule has 28 heavy (non-hydrogen) atoms. The molecule has 1 aliphatic heterocycles. The van der Waals surface area contributed by atoms with Gasteiger partial charge in [-0.05, 0) is 42.8 Å². The first-order valence-corrected chi connectivity index (χ1v) is 9.88. The lowest BCUT2D eigenvalue weighted by molar-refractivity contribution is -0.124. The first kappa shape index (κ1) is 19.9. The summed E-state index contributed by atoms with van der Waals surface area (Å²) >= 11 is 0.913. The van der Waals surface area contributed by atoms with Crippen molar-refractivity contribution in [2.24, 2.45) is 0 Å². The number of benzene rings is 2. The minimum Gasteiger partial charge on any atom is -0.352 e. The van der Waals surface area contributed by atoms with Gasteiger partial charge in [0, 0.05) is 19.5 Å². The van der Waals surface area contributed by atoms with Gasteiger partial charge in [-0.25, -0.2) is 0 Å². The number of carbonyl (C=O) groups excluding carboxylic acids is 3. The van der Waals surface area contributed by atoms with Crippen molar-refractivity contribution in [3.05, 3.63) is 75.7 Å². The summed E-state index contributed by atoms with van der Waals surface area (Å²) in [5, 5.41) is 2.48. The zero-order valence-electron chi connectivity index (χ0n) is 15.9. The van der Waals surface area contributed by atoms with Crippen LogP contribution >= 0.6 is 11.8 Å². The number of hydrogen-bond donors (Lipinski definition) is 1. The molecule has 1 N–H and O–H groups in total. The normalized spacial score (nSPS) is 15.4. The van der Waals surface area contributed by atoms with Crippen LogP contribution in [0.25, 0.3) is 6.08 Å². The lowest BCUT2D eigenvalue weighted by Crippen LogP contribution is -2.33. The summed E-state index contributed by atoms with van der Waals surface area (Å²) in [4.78, 5) is 38.3. The van der Waals surface area contributed by atoms with E-state index in [1.165, 1.54) is 0 Å². The Morgan fingerprint density at radius 3 is 2.54 bits per heavy atom. The van der Waals surface area contributed by atoms with Crippen molar-refractivity contribution < 1.29 is 14.4 Å². The van der Waals surface area contributed by atoms with Crippen LogP contribution < -0.4 is 5.32 Å². The monoisotopic (exact) mass is 394 g/mol. The minimum absolute atomic E-state index is 0.0789. The van der Waals surface area contributed by atoms with Crippen molar-refractivity contribution in [3.63, 3.8) is 0 Å². The minimum atomic E-state index is -0.345.